The molecule has 1 fully saturated rings. The van der Waals surface area contributed by atoms with Crippen LogP contribution < -0.4 is 10.2 Å². The number of hydrogen-bond donors (Lipinski definition) is 1. The van der Waals surface area contributed by atoms with Gasteiger partial charge in [0.2, 0.25) is 0 Å². The fourth-order valence-corrected chi connectivity index (χ4v) is 3.71. The van der Waals surface area contributed by atoms with Gasteiger partial charge in [-0.3, -0.25) is 0 Å². The summed E-state index contributed by atoms with van der Waals surface area (Å²) < 4.78 is 11.0. The molecule has 120 valence electrons. The van der Waals surface area contributed by atoms with Crippen LogP contribution in [0.2, 0.25) is 0 Å². The fourth-order valence-electron chi connectivity index (χ4n) is 2.66. The maximum Gasteiger partial charge on any atom is 0.185 e. The molecule has 1 aromatic rings. The molecule has 1 aromatic heterocycles. The van der Waals surface area contributed by atoms with Gasteiger partial charge >= 0.3 is 0 Å². The number of anilines is 1. The highest BCUT2D eigenvalue weighted by atomic mass is 32.1. The van der Waals surface area contributed by atoms with E-state index in [9.17, 15) is 0 Å². The third-order valence-electron chi connectivity index (χ3n) is 3.90. The van der Waals surface area contributed by atoms with Crippen molar-refractivity contribution in [2.45, 2.75) is 52.0 Å². The molecule has 0 saturated carbocycles. The van der Waals surface area contributed by atoms with Crippen LogP contribution in [0.5, 0.6) is 0 Å². The first-order valence-electron chi connectivity index (χ1n) is 7.70. The van der Waals surface area contributed by atoms with Crippen molar-refractivity contribution < 1.29 is 9.47 Å². The summed E-state index contributed by atoms with van der Waals surface area (Å²) in [5.74, 6) is 0. The van der Waals surface area contributed by atoms with Crippen molar-refractivity contribution >= 4 is 16.5 Å². The maximum atomic E-state index is 5.67. The molecule has 0 bridgehead atoms. The molecule has 5 nitrogen and oxygen atoms in total. The van der Waals surface area contributed by atoms with Crippen LogP contribution in [0.25, 0.3) is 0 Å². The molecule has 0 radical (unpaired) electrons. The maximum absolute atomic E-state index is 5.67. The third-order valence-corrected chi connectivity index (χ3v) is 5.08. The second-order valence-electron chi connectivity index (χ2n) is 5.52. The van der Waals surface area contributed by atoms with Crippen molar-refractivity contribution in [1.29, 1.82) is 0 Å². The second-order valence-corrected chi connectivity index (χ2v) is 6.58. The Morgan fingerprint density at radius 2 is 2.33 bits per heavy atom. The smallest absolute Gasteiger partial charge is 0.185 e. The fraction of sp³-hybridized carbons (Fsp3) is 0.800. The molecule has 1 aliphatic rings. The number of aromatic nitrogens is 1. The van der Waals surface area contributed by atoms with Crippen LogP contribution in [0.3, 0.4) is 0 Å². The van der Waals surface area contributed by atoms with Crippen molar-refractivity contribution in [2.24, 2.45) is 0 Å². The first kappa shape index (κ1) is 16.7. The van der Waals surface area contributed by atoms with Gasteiger partial charge in [-0.05, 0) is 26.3 Å². The van der Waals surface area contributed by atoms with Crippen LogP contribution in [-0.4, -0.2) is 44.4 Å². The number of rotatable bonds is 8. The lowest BCUT2D eigenvalue weighted by Crippen LogP contribution is -2.36. The monoisotopic (exact) mass is 313 g/mol. The number of ether oxygens (including phenoxy) is 2. The van der Waals surface area contributed by atoms with Gasteiger partial charge < -0.3 is 19.7 Å². The van der Waals surface area contributed by atoms with E-state index in [4.69, 9.17) is 14.5 Å². The lowest BCUT2D eigenvalue weighted by atomic mass is 10.1. The molecule has 2 unspecified atom stereocenters. The van der Waals surface area contributed by atoms with Gasteiger partial charge in [0.05, 0.1) is 24.4 Å². The first-order valence-corrected chi connectivity index (χ1v) is 8.51. The minimum Gasteiger partial charge on any atom is -0.378 e. The van der Waals surface area contributed by atoms with Crippen molar-refractivity contribution in [3.8, 4) is 0 Å². The van der Waals surface area contributed by atoms with E-state index in [-0.39, 0.29) is 6.10 Å². The van der Waals surface area contributed by atoms with Gasteiger partial charge in [0, 0.05) is 32.2 Å². The Hall–Kier alpha value is -0.690. The zero-order chi connectivity index (χ0) is 15.2. The second kappa shape index (κ2) is 8.08. The average Bonchev–Trinajstić information content (AvgIpc) is 3.06. The Balaban J connectivity index is 2.09. The largest absolute Gasteiger partial charge is 0.378 e. The number of methoxy groups -OCH3 is 1. The highest BCUT2D eigenvalue weighted by molar-refractivity contribution is 7.15. The molecule has 2 heterocycles. The van der Waals surface area contributed by atoms with E-state index in [1.54, 1.807) is 18.4 Å². The van der Waals surface area contributed by atoms with Crippen LogP contribution >= 0.6 is 11.3 Å². The standard InChI is InChI=1S/C15H27N3O2S/c1-5-7-16-9-14-12(10-19-4)17-15(21-14)18(3)13-6-8-20-11(13)2/h11,13,16H,5-10H2,1-4H3. The van der Waals surface area contributed by atoms with Crippen molar-refractivity contribution in [3.63, 3.8) is 0 Å². The minimum atomic E-state index is 0.270. The van der Waals surface area contributed by atoms with E-state index in [1.807, 2.05) is 0 Å². The van der Waals surface area contributed by atoms with Crippen LogP contribution in [0.4, 0.5) is 5.13 Å². The van der Waals surface area contributed by atoms with E-state index in [1.165, 1.54) is 4.88 Å². The highest BCUT2D eigenvalue weighted by Gasteiger charge is 2.30. The molecule has 0 spiro atoms. The molecular formula is C15H27N3O2S. The summed E-state index contributed by atoms with van der Waals surface area (Å²) in [6.07, 6.45) is 2.48. The summed E-state index contributed by atoms with van der Waals surface area (Å²) in [5, 5.41) is 4.52. The summed E-state index contributed by atoms with van der Waals surface area (Å²) in [6.45, 7) is 7.64. The van der Waals surface area contributed by atoms with E-state index in [0.29, 0.717) is 12.6 Å². The van der Waals surface area contributed by atoms with E-state index < -0.39 is 0 Å². The van der Waals surface area contributed by atoms with E-state index in [0.717, 1.165) is 43.4 Å². The molecular weight excluding hydrogens is 286 g/mol. The molecule has 0 aliphatic carbocycles. The third kappa shape index (κ3) is 4.16. The van der Waals surface area contributed by atoms with E-state index >= 15 is 0 Å². The van der Waals surface area contributed by atoms with Crippen LogP contribution in [0.1, 0.15) is 37.3 Å². The number of hydrogen-bond acceptors (Lipinski definition) is 6. The first-order chi connectivity index (χ1) is 10.2. The van der Waals surface area contributed by atoms with Gasteiger partial charge in [-0.2, -0.15) is 0 Å². The van der Waals surface area contributed by atoms with Crippen molar-refractivity contribution in [3.05, 3.63) is 10.6 Å². The van der Waals surface area contributed by atoms with Gasteiger partial charge in [0.25, 0.3) is 0 Å². The van der Waals surface area contributed by atoms with Crippen molar-refractivity contribution in [1.82, 2.24) is 10.3 Å². The SMILES string of the molecule is CCCNCc1sc(N(C)C2CCOC2C)nc1COC. The van der Waals surface area contributed by atoms with Gasteiger partial charge in [0.1, 0.15) is 0 Å². The van der Waals surface area contributed by atoms with Crippen LogP contribution in [0.15, 0.2) is 0 Å². The Kier molecular flexibility index (Phi) is 6.41. The Morgan fingerprint density at radius 1 is 1.52 bits per heavy atom. The number of nitrogens with one attached hydrogen (secondary N) is 1. The van der Waals surface area contributed by atoms with E-state index in [2.05, 4.69) is 31.1 Å². The summed E-state index contributed by atoms with van der Waals surface area (Å²) in [4.78, 5) is 8.33. The summed E-state index contributed by atoms with van der Waals surface area (Å²) in [7, 11) is 3.84. The summed E-state index contributed by atoms with van der Waals surface area (Å²) in [6, 6.07) is 0.419. The van der Waals surface area contributed by atoms with Crippen LogP contribution in [-0.2, 0) is 22.6 Å². The number of nitrogens with zero attached hydrogens (tertiary/aromatic N) is 2. The molecule has 1 aliphatic heterocycles. The number of likely N-dealkylation sites (N-methyl/N-ethyl adjacent to an activating group) is 1. The van der Waals surface area contributed by atoms with Crippen LogP contribution in [0, 0.1) is 0 Å². The molecule has 21 heavy (non-hydrogen) atoms. The lowest BCUT2D eigenvalue weighted by Gasteiger charge is -2.26. The van der Waals surface area contributed by atoms with Gasteiger partial charge in [-0.25, -0.2) is 4.98 Å². The quantitative estimate of drug-likeness (QED) is 0.747. The Labute approximate surface area is 131 Å². The molecule has 2 atom stereocenters. The average molecular weight is 313 g/mol. The zero-order valence-electron chi connectivity index (χ0n) is 13.5. The molecule has 6 heteroatoms. The normalized spacial score (nSPS) is 21.9. The van der Waals surface area contributed by atoms with Gasteiger partial charge in [-0.1, -0.05) is 6.92 Å². The molecule has 1 saturated heterocycles. The summed E-state index contributed by atoms with van der Waals surface area (Å²) >= 11 is 1.76. The van der Waals surface area contributed by atoms with Gasteiger partial charge in [0.15, 0.2) is 5.13 Å². The van der Waals surface area contributed by atoms with Crippen molar-refractivity contribution in [2.75, 3.05) is 32.2 Å². The Bertz CT molecular complexity index is 439. The topological polar surface area (TPSA) is 46.6 Å². The molecule has 0 aromatic carbocycles. The Morgan fingerprint density at radius 3 is 2.95 bits per heavy atom. The summed E-state index contributed by atoms with van der Waals surface area (Å²) in [5.41, 5.74) is 1.06. The molecule has 1 N–H and O–H groups in total. The molecule has 2 rings (SSSR count). The predicted molar refractivity (Wildman–Crippen MR) is 87.0 cm³/mol. The number of thiazole rings is 1. The highest BCUT2D eigenvalue weighted by Crippen LogP contribution is 2.30. The zero-order valence-corrected chi connectivity index (χ0v) is 14.3. The lowest BCUT2D eigenvalue weighted by molar-refractivity contribution is 0.118. The van der Waals surface area contributed by atoms with Gasteiger partial charge in [-0.15, -0.1) is 11.3 Å². The predicted octanol–water partition coefficient (Wildman–Crippen LogP) is 2.40. The minimum absolute atomic E-state index is 0.270. The molecule has 0 amide bonds.